The summed E-state index contributed by atoms with van der Waals surface area (Å²) in [7, 11) is 0. The van der Waals surface area contributed by atoms with E-state index >= 15 is 0 Å². The summed E-state index contributed by atoms with van der Waals surface area (Å²) < 4.78 is 0. The molecule has 2 nitrogen and oxygen atoms in total. The van der Waals surface area contributed by atoms with Crippen molar-refractivity contribution in [3.05, 3.63) is 0 Å². The lowest BCUT2D eigenvalue weighted by Gasteiger charge is -2.28. The Kier molecular flexibility index (Phi) is 2.86. The van der Waals surface area contributed by atoms with Crippen LogP contribution < -0.4 is 11.1 Å². The number of nitrogens with two attached hydrogens (primary N) is 1. The van der Waals surface area contributed by atoms with Crippen LogP contribution in [0.2, 0.25) is 0 Å². The molecule has 1 aliphatic carbocycles. The van der Waals surface area contributed by atoms with Gasteiger partial charge in [0.05, 0.1) is 0 Å². The predicted molar refractivity (Wildman–Crippen MR) is 59.0 cm³/mol. The molecule has 0 aromatic rings. The Labute approximate surface area is 85.0 Å². The quantitative estimate of drug-likeness (QED) is 0.716. The molecule has 1 heterocycles. The largest absolute Gasteiger partial charge is 0.329 e. The molecule has 0 radical (unpaired) electrons. The van der Waals surface area contributed by atoms with Crippen LogP contribution in [0.3, 0.4) is 0 Å². The fraction of sp³-hybridized carbons (Fsp3) is 1.00. The molecule has 2 aliphatic rings. The zero-order chi connectivity index (χ0) is 9.31. The van der Waals surface area contributed by atoms with Crippen molar-refractivity contribution in [1.29, 1.82) is 0 Å². The van der Waals surface area contributed by atoms with E-state index in [1.165, 1.54) is 31.6 Å². The Balaban J connectivity index is 1.82. The van der Waals surface area contributed by atoms with Gasteiger partial charge in [0.1, 0.15) is 0 Å². The minimum atomic E-state index is 0.271. The van der Waals surface area contributed by atoms with Gasteiger partial charge in [-0.05, 0) is 31.7 Å². The summed E-state index contributed by atoms with van der Waals surface area (Å²) >= 11 is 2.06. The van der Waals surface area contributed by atoms with Gasteiger partial charge in [0.25, 0.3) is 0 Å². The third kappa shape index (κ3) is 2.39. The highest BCUT2D eigenvalue weighted by atomic mass is 32.2. The fourth-order valence-electron chi connectivity index (χ4n) is 1.99. The first kappa shape index (κ1) is 9.81. The van der Waals surface area contributed by atoms with E-state index in [2.05, 4.69) is 24.0 Å². The molecule has 1 saturated heterocycles. The Hall–Kier alpha value is 0.270. The number of hydrogen-bond acceptors (Lipinski definition) is 3. The zero-order valence-electron chi connectivity index (χ0n) is 8.38. The number of rotatable bonds is 4. The van der Waals surface area contributed by atoms with Crippen LogP contribution in [-0.2, 0) is 0 Å². The first-order chi connectivity index (χ1) is 6.24. The van der Waals surface area contributed by atoms with Gasteiger partial charge in [-0.15, -0.1) is 0 Å². The van der Waals surface area contributed by atoms with Gasteiger partial charge in [-0.3, -0.25) is 0 Å². The molecule has 1 aliphatic heterocycles. The van der Waals surface area contributed by atoms with Gasteiger partial charge in [-0.1, -0.05) is 6.92 Å². The van der Waals surface area contributed by atoms with Gasteiger partial charge >= 0.3 is 0 Å². The van der Waals surface area contributed by atoms with Crippen molar-refractivity contribution in [3.8, 4) is 0 Å². The van der Waals surface area contributed by atoms with Crippen molar-refractivity contribution in [1.82, 2.24) is 5.32 Å². The van der Waals surface area contributed by atoms with Crippen LogP contribution in [0.5, 0.6) is 0 Å². The highest BCUT2D eigenvalue weighted by Crippen LogP contribution is 2.35. The summed E-state index contributed by atoms with van der Waals surface area (Å²) in [6.45, 7) is 4.31. The van der Waals surface area contributed by atoms with Gasteiger partial charge < -0.3 is 11.1 Å². The van der Waals surface area contributed by atoms with E-state index in [0.29, 0.717) is 0 Å². The first-order valence-corrected chi connectivity index (χ1v) is 6.36. The lowest BCUT2D eigenvalue weighted by atomic mass is 9.96. The second-order valence-electron chi connectivity index (χ2n) is 4.63. The molecule has 1 saturated carbocycles. The lowest BCUT2D eigenvalue weighted by molar-refractivity contribution is 0.355. The molecule has 0 spiro atoms. The maximum atomic E-state index is 5.86. The summed E-state index contributed by atoms with van der Waals surface area (Å²) in [5.41, 5.74) is 6.13. The van der Waals surface area contributed by atoms with E-state index < -0.39 is 0 Å². The summed E-state index contributed by atoms with van der Waals surface area (Å²) in [5.74, 6) is 2.17. The number of hydrogen-bond donors (Lipinski definition) is 2. The van der Waals surface area contributed by atoms with Crippen LogP contribution in [-0.4, -0.2) is 29.6 Å². The Morgan fingerprint density at radius 2 is 2.31 bits per heavy atom. The molecule has 13 heavy (non-hydrogen) atoms. The maximum absolute atomic E-state index is 5.86. The van der Waals surface area contributed by atoms with Crippen LogP contribution in [0.1, 0.15) is 26.2 Å². The number of nitrogens with one attached hydrogen (secondary N) is 1. The molecule has 3 heteroatoms. The SMILES string of the molecule is CC1CC(CN)(NCC2CC2)CS1. The van der Waals surface area contributed by atoms with Gasteiger partial charge in [0, 0.05) is 23.1 Å². The molecule has 0 bridgehead atoms. The van der Waals surface area contributed by atoms with Crippen LogP contribution in [0, 0.1) is 5.92 Å². The highest BCUT2D eigenvalue weighted by molar-refractivity contribution is 8.00. The lowest BCUT2D eigenvalue weighted by Crippen LogP contribution is -2.52. The smallest absolute Gasteiger partial charge is 0.0405 e. The Bertz CT molecular complexity index is 182. The molecule has 2 atom stereocenters. The number of thioether (sulfide) groups is 1. The molecule has 2 fully saturated rings. The van der Waals surface area contributed by atoms with Crippen LogP contribution in [0.25, 0.3) is 0 Å². The molecule has 3 N–H and O–H groups in total. The third-order valence-electron chi connectivity index (χ3n) is 3.18. The van der Waals surface area contributed by atoms with Gasteiger partial charge in [0.2, 0.25) is 0 Å². The first-order valence-electron chi connectivity index (χ1n) is 5.31. The third-order valence-corrected chi connectivity index (χ3v) is 4.63. The Morgan fingerprint density at radius 1 is 1.54 bits per heavy atom. The van der Waals surface area contributed by atoms with E-state index in [1.807, 2.05) is 0 Å². The standard InChI is InChI=1S/C10H20N2S/c1-8-4-10(6-11,7-13-8)12-5-9-2-3-9/h8-9,12H,2-7,11H2,1H3. The molecule has 76 valence electrons. The zero-order valence-corrected chi connectivity index (χ0v) is 9.20. The van der Waals surface area contributed by atoms with Crippen LogP contribution >= 0.6 is 11.8 Å². The van der Waals surface area contributed by atoms with Gasteiger partial charge in [-0.25, -0.2) is 0 Å². The van der Waals surface area contributed by atoms with E-state index in [0.717, 1.165) is 17.7 Å². The van der Waals surface area contributed by atoms with E-state index in [-0.39, 0.29) is 5.54 Å². The topological polar surface area (TPSA) is 38.0 Å². The van der Waals surface area contributed by atoms with Gasteiger partial charge in [0.15, 0.2) is 0 Å². The van der Waals surface area contributed by atoms with Crippen LogP contribution in [0.15, 0.2) is 0 Å². The second-order valence-corrected chi connectivity index (χ2v) is 6.06. The minimum absolute atomic E-state index is 0.271. The molecule has 0 aromatic carbocycles. The summed E-state index contributed by atoms with van der Waals surface area (Å²) in [4.78, 5) is 0. The molecule has 2 unspecified atom stereocenters. The fourth-order valence-corrected chi connectivity index (χ4v) is 3.37. The molecule has 0 aromatic heterocycles. The average molecular weight is 200 g/mol. The van der Waals surface area contributed by atoms with Crippen molar-refractivity contribution in [2.75, 3.05) is 18.8 Å². The molecular formula is C10H20N2S. The molecule has 0 amide bonds. The predicted octanol–water partition coefficient (Wildman–Crippen LogP) is 1.21. The Morgan fingerprint density at radius 3 is 2.77 bits per heavy atom. The van der Waals surface area contributed by atoms with Gasteiger partial charge in [-0.2, -0.15) is 11.8 Å². The normalized spacial score (nSPS) is 39.7. The summed E-state index contributed by atoms with van der Waals surface area (Å²) in [6, 6.07) is 0. The monoisotopic (exact) mass is 200 g/mol. The summed E-state index contributed by atoms with van der Waals surface area (Å²) in [5, 5.41) is 4.48. The van der Waals surface area contributed by atoms with Crippen molar-refractivity contribution in [2.24, 2.45) is 11.7 Å². The van der Waals surface area contributed by atoms with E-state index in [9.17, 15) is 0 Å². The maximum Gasteiger partial charge on any atom is 0.0405 e. The summed E-state index contributed by atoms with van der Waals surface area (Å²) in [6.07, 6.45) is 4.10. The van der Waals surface area contributed by atoms with E-state index in [4.69, 9.17) is 5.73 Å². The van der Waals surface area contributed by atoms with Crippen molar-refractivity contribution >= 4 is 11.8 Å². The van der Waals surface area contributed by atoms with E-state index in [1.54, 1.807) is 0 Å². The second kappa shape index (κ2) is 3.79. The molecule has 2 rings (SSSR count). The minimum Gasteiger partial charge on any atom is -0.329 e. The van der Waals surface area contributed by atoms with Crippen LogP contribution in [0.4, 0.5) is 0 Å². The highest BCUT2D eigenvalue weighted by Gasteiger charge is 2.37. The van der Waals surface area contributed by atoms with Crippen molar-refractivity contribution in [2.45, 2.75) is 37.0 Å². The van der Waals surface area contributed by atoms with Crippen molar-refractivity contribution < 1.29 is 0 Å². The average Bonchev–Trinajstić information content (AvgIpc) is 2.88. The van der Waals surface area contributed by atoms with Crippen molar-refractivity contribution in [3.63, 3.8) is 0 Å². The molecular weight excluding hydrogens is 180 g/mol.